The molecule has 8 heteroatoms. The summed E-state index contributed by atoms with van der Waals surface area (Å²) in [5.41, 5.74) is 2.51. The number of nitrogens with one attached hydrogen (secondary N) is 1. The highest BCUT2D eigenvalue weighted by Gasteiger charge is 2.15. The van der Waals surface area contributed by atoms with Crippen LogP contribution in [0.25, 0.3) is 10.9 Å². The molecule has 0 spiro atoms. The van der Waals surface area contributed by atoms with Gasteiger partial charge in [0.2, 0.25) is 0 Å². The highest BCUT2D eigenvalue weighted by molar-refractivity contribution is 5.93. The Morgan fingerprint density at radius 1 is 0.970 bits per heavy atom. The van der Waals surface area contributed by atoms with Crippen LogP contribution in [-0.2, 0) is 6.61 Å². The van der Waals surface area contributed by atoms with Gasteiger partial charge in [0.15, 0.2) is 11.5 Å². The number of fused-ring (bicyclic) bond motifs is 1. The number of aromatic nitrogens is 2. The normalized spacial score (nSPS) is 10.8. The van der Waals surface area contributed by atoms with Crippen molar-refractivity contribution in [1.29, 1.82) is 0 Å². The maximum absolute atomic E-state index is 14.8. The third kappa shape index (κ3) is 5.12. The van der Waals surface area contributed by atoms with Crippen LogP contribution in [-0.4, -0.2) is 35.4 Å². The van der Waals surface area contributed by atoms with E-state index in [2.05, 4.69) is 15.3 Å². The third-order valence-electron chi connectivity index (χ3n) is 5.02. The van der Waals surface area contributed by atoms with E-state index < -0.39 is 5.82 Å². The third-order valence-corrected chi connectivity index (χ3v) is 5.02. The number of aryl methyl sites for hydroxylation is 1. The Morgan fingerprint density at radius 2 is 1.79 bits per heavy atom. The van der Waals surface area contributed by atoms with Gasteiger partial charge in [0.25, 0.3) is 0 Å². The number of benzene rings is 3. The molecule has 7 nitrogen and oxygen atoms in total. The Morgan fingerprint density at radius 3 is 2.55 bits per heavy atom. The molecule has 0 aliphatic rings. The largest absolute Gasteiger partial charge is 0.493 e. The maximum Gasteiger partial charge on any atom is 0.163 e. The minimum absolute atomic E-state index is 0.123. The van der Waals surface area contributed by atoms with Crippen LogP contribution in [0.15, 0.2) is 60.9 Å². The number of ether oxygens (including phenoxy) is 3. The fourth-order valence-corrected chi connectivity index (χ4v) is 3.36. The van der Waals surface area contributed by atoms with Crippen molar-refractivity contribution in [3.63, 3.8) is 0 Å². The van der Waals surface area contributed by atoms with E-state index in [0.717, 1.165) is 5.56 Å². The number of aliphatic hydroxyl groups excluding tert-OH is 1. The number of anilines is 2. The number of halogens is 1. The molecule has 0 aliphatic heterocycles. The minimum atomic E-state index is -0.429. The summed E-state index contributed by atoms with van der Waals surface area (Å²) in [6, 6.07) is 16.2. The van der Waals surface area contributed by atoms with Crippen molar-refractivity contribution in [2.24, 2.45) is 0 Å². The van der Waals surface area contributed by atoms with Crippen molar-refractivity contribution in [3.05, 3.63) is 77.9 Å². The zero-order chi connectivity index (χ0) is 23.2. The first-order chi connectivity index (χ1) is 16.1. The molecule has 0 aliphatic carbocycles. The smallest absolute Gasteiger partial charge is 0.163 e. The van der Waals surface area contributed by atoms with Gasteiger partial charge in [0, 0.05) is 17.5 Å². The van der Waals surface area contributed by atoms with Gasteiger partial charge in [-0.2, -0.15) is 0 Å². The average molecular weight is 449 g/mol. The summed E-state index contributed by atoms with van der Waals surface area (Å²) < 4.78 is 31.7. The van der Waals surface area contributed by atoms with Gasteiger partial charge in [-0.1, -0.05) is 30.3 Å². The maximum atomic E-state index is 14.8. The number of hydrogen-bond acceptors (Lipinski definition) is 7. The second-order valence-electron chi connectivity index (χ2n) is 7.31. The Bertz CT molecular complexity index is 1250. The minimum Gasteiger partial charge on any atom is -0.493 e. The van der Waals surface area contributed by atoms with Gasteiger partial charge in [-0.25, -0.2) is 14.4 Å². The van der Waals surface area contributed by atoms with Crippen LogP contribution in [0.1, 0.15) is 11.1 Å². The Balaban J connectivity index is 1.64. The van der Waals surface area contributed by atoms with E-state index in [9.17, 15) is 4.39 Å². The molecular weight excluding hydrogens is 425 g/mol. The predicted molar refractivity (Wildman–Crippen MR) is 124 cm³/mol. The van der Waals surface area contributed by atoms with E-state index in [0.29, 0.717) is 46.1 Å². The molecule has 0 atom stereocenters. The fourth-order valence-electron chi connectivity index (χ4n) is 3.36. The van der Waals surface area contributed by atoms with Gasteiger partial charge in [-0.3, -0.25) is 0 Å². The van der Waals surface area contributed by atoms with Gasteiger partial charge in [-0.15, -0.1) is 0 Å². The lowest BCUT2D eigenvalue weighted by molar-refractivity contribution is 0.196. The van der Waals surface area contributed by atoms with Gasteiger partial charge >= 0.3 is 0 Å². The summed E-state index contributed by atoms with van der Waals surface area (Å²) in [6.07, 6.45) is 1.38. The van der Waals surface area contributed by atoms with Gasteiger partial charge in [0.05, 0.1) is 24.9 Å². The number of methoxy groups -OCH3 is 1. The zero-order valence-corrected chi connectivity index (χ0v) is 18.3. The molecular formula is C25H24FN3O4. The van der Waals surface area contributed by atoms with Crippen LogP contribution in [0.5, 0.6) is 17.2 Å². The molecule has 0 unspecified atom stereocenters. The zero-order valence-electron chi connectivity index (χ0n) is 18.3. The first kappa shape index (κ1) is 22.3. The number of nitrogens with zero attached hydrogens (tertiary/aromatic N) is 2. The second kappa shape index (κ2) is 10.1. The lowest BCUT2D eigenvalue weighted by Gasteiger charge is -2.15. The Hall–Kier alpha value is -3.91. The van der Waals surface area contributed by atoms with Crippen molar-refractivity contribution in [3.8, 4) is 17.2 Å². The fraction of sp³-hybridized carbons (Fsp3) is 0.200. The van der Waals surface area contributed by atoms with Crippen LogP contribution in [0.4, 0.5) is 15.9 Å². The van der Waals surface area contributed by atoms with E-state index in [1.54, 1.807) is 25.1 Å². The molecule has 4 aromatic rings. The molecule has 0 bridgehead atoms. The monoisotopic (exact) mass is 449 g/mol. The quantitative estimate of drug-likeness (QED) is 0.380. The molecule has 170 valence electrons. The van der Waals surface area contributed by atoms with E-state index in [-0.39, 0.29) is 18.9 Å². The van der Waals surface area contributed by atoms with E-state index in [1.165, 1.54) is 19.5 Å². The summed E-state index contributed by atoms with van der Waals surface area (Å²) in [6.45, 7) is 2.17. The van der Waals surface area contributed by atoms with E-state index in [4.69, 9.17) is 19.3 Å². The second-order valence-corrected chi connectivity index (χ2v) is 7.31. The van der Waals surface area contributed by atoms with Crippen LogP contribution >= 0.6 is 0 Å². The summed E-state index contributed by atoms with van der Waals surface area (Å²) in [7, 11) is 1.51. The van der Waals surface area contributed by atoms with Crippen molar-refractivity contribution in [2.45, 2.75) is 13.5 Å². The van der Waals surface area contributed by atoms with Crippen LogP contribution < -0.4 is 19.5 Å². The van der Waals surface area contributed by atoms with Gasteiger partial charge in [0.1, 0.15) is 36.9 Å². The summed E-state index contributed by atoms with van der Waals surface area (Å²) >= 11 is 0. The molecule has 2 N–H and O–H groups in total. The topological polar surface area (TPSA) is 85.7 Å². The highest BCUT2D eigenvalue weighted by Crippen LogP contribution is 2.36. The van der Waals surface area contributed by atoms with Crippen LogP contribution in [0.3, 0.4) is 0 Å². The predicted octanol–water partition coefficient (Wildman–Crippen LogP) is 4.78. The number of aliphatic hydroxyl groups is 1. The molecule has 4 rings (SSSR count). The standard InChI is InChI=1S/C25H24FN3O4/c1-16-10-19(26)21(13-22(16)33-14-17-6-4-3-5-7-17)29-25-18-11-23(31-2)24(32-9-8-30)12-20(18)27-15-28-25/h3-7,10-13,15,30H,8-9,14H2,1-2H3,(H,27,28,29). The van der Waals surface area contributed by atoms with Crippen molar-refractivity contribution in [2.75, 3.05) is 25.6 Å². The lowest BCUT2D eigenvalue weighted by Crippen LogP contribution is -2.04. The first-order valence-corrected chi connectivity index (χ1v) is 10.4. The molecule has 0 radical (unpaired) electrons. The van der Waals surface area contributed by atoms with Gasteiger partial charge < -0.3 is 24.6 Å². The summed E-state index contributed by atoms with van der Waals surface area (Å²) in [4.78, 5) is 8.57. The lowest BCUT2D eigenvalue weighted by atomic mass is 10.1. The molecule has 33 heavy (non-hydrogen) atoms. The Kier molecular flexibility index (Phi) is 6.85. The molecule has 3 aromatic carbocycles. The molecule has 0 fully saturated rings. The van der Waals surface area contributed by atoms with E-state index >= 15 is 0 Å². The van der Waals surface area contributed by atoms with Crippen LogP contribution in [0.2, 0.25) is 0 Å². The molecule has 0 amide bonds. The van der Waals surface area contributed by atoms with Crippen LogP contribution in [0, 0.1) is 12.7 Å². The molecule has 0 saturated carbocycles. The molecule has 1 aromatic heterocycles. The molecule has 1 heterocycles. The van der Waals surface area contributed by atoms with E-state index in [1.807, 2.05) is 30.3 Å². The van der Waals surface area contributed by atoms with Crippen molar-refractivity contribution < 1.29 is 23.7 Å². The summed E-state index contributed by atoms with van der Waals surface area (Å²) in [5.74, 6) is 1.44. The number of rotatable bonds is 9. The van der Waals surface area contributed by atoms with Crippen molar-refractivity contribution >= 4 is 22.4 Å². The average Bonchev–Trinajstić information content (AvgIpc) is 2.83. The van der Waals surface area contributed by atoms with Crippen molar-refractivity contribution in [1.82, 2.24) is 9.97 Å². The Labute approximate surface area is 190 Å². The van der Waals surface area contributed by atoms with Gasteiger partial charge in [-0.05, 0) is 30.2 Å². The SMILES string of the molecule is COc1cc2c(Nc3cc(OCc4ccccc4)c(C)cc3F)ncnc2cc1OCCO. The summed E-state index contributed by atoms with van der Waals surface area (Å²) in [5, 5.41) is 12.7. The first-order valence-electron chi connectivity index (χ1n) is 10.4. The molecule has 0 saturated heterocycles. The number of hydrogen-bond donors (Lipinski definition) is 2. The highest BCUT2D eigenvalue weighted by atomic mass is 19.1.